The van der Waals surface area contributed by atoms with Gasteiger partial charge in [-0.1, -0.05) is 25.2 Å². The van der Waals surface area contributed by atoms with Gasteiger partial charge in [-0.2, -0.15) is 47.2 Å². The fourth-order valence-electron chi connectivity index (χ4n) is 2.82. The number of rotatable bonds is 0. The van der Waals surface area contributed by atoms with Gasteiger partial charge in [-0.15, -0.1) is 72.1 Å². The van der Waals surface area contributed by atoms with Crippen molar-refractivity contribution >= 4 is 35.4 Å². The van der Waals surface area contributed by atoms with E-state index >= 15 is 0 Å². The Kier molecular flexibility index (Phi) is 55.2. The zero-order chi connectivity index (χ0) is 32.7. The van der Waals surface area contributed by atoms with Gasteiger partial charge in [0.1, 0.15) is 0 Å². The van der Waals surface area contributed by atoms with Crippen molar-refractivity contribution < 1.29 is 62.1 Å². The summed E-state index contributed by atoms with van der Waals surface area (Å²) in [5.74, 6) is 0. The van der Waals surface area contributed by atoms with E-state index in [2.05, 4.69) is 122 Å². The molecule has 0 aliphatic heterocycles. The number of hydrogen-bond acceptors (Lipinski definition) is 4. The molecule has 0 unspecified atom stereocenters. The van der Waals surface area contributed by atoms with Crippen molar-refractivity contribution in [1.29, 1.82) is 0 Å². The summed E-state index contributed by atoms with van der Waals surface area (Å²) in [6.45, 7) is 6.31. The standard InChI is InChI=1S/2C9H7.2C5H5.C2H6Si.C2H4.4CH4O.2Ti/c2*1-2-5-9-7-3-6-8(9)4-1;2*1-2-4-5-3-1;1-3-2;5*1-2;;/h2*1-7H;2*1-3H,4H2;1-2H3;1H,2H3;4*2H,1H3;;/q4*-1;;;;;;;2*+2. The maximum atomic E-state index is 7.00. The number of fused-ring (bicyclic) bond motifs is 2. The molecule has 2 radical (unpaired) electrons. The van der Waals surface area contributed by atoms with E-state index < -0.39 is 0 Å². The van der Waals surface area contributed by atoms with Gasteiger partial charge in [0.2, 0.25) is 0 Å². The smallest absolute Gasteiger partial charge is 0.273 e. The monoisotopic (exact) mass is 670 g/mol. The second kappa shape index (κ2) is 46.9. The fourth-order valence-corrected chi connectivity index (χ4v) is 2.82. The Bertz CT molecular complexity index is 994. The van der Waals surface area contributed by atoms with E-state index in [0.29, 0.717) is 0 Å². The third kappa shape index (κ3) is 32.7. The Balaban J connectivity index is -0.000000133. The van der Waals surface area contributed by atoms with Crippen LogP contribution in [0.4, 0.5) is 0 Å². The van der Waals surface area contributed by atoms with E-state index in [9.17, 15) is 0 Å². The van der Waals surface area contributed by atoms with Gasteiger partial charge >= 0.3 is 52.9 Å². The van der Waals surface area contributed by atoms with Gasteiger partial charge in [0, 0.05) is 38.0 Å². The molecule has 0 fully saturated rings. The SMILES string of the molecule is CO.CO.CO.CO.C[CH]=[Ti+2].C[Si]C.[C-]1=CC=CC1.[C-]1=CC=CC1.[Ti+2].c1ccc2[cH-]ccc2c1.c1ccc2[cH-]ccc2c1. The normalized spacial score (nSPS) is 9.70. The van der Waals surface area contributed by atoms with Gasteiger partial charge in [0.25, 0.3) is 0 Å². The topological polar surface area (TPSA) is 80.9 Å². The van der Waals surface area contributed by atoms with Crippen molar-refractivity contribution in [3.63, 3.8) is 0 Å². The molecule has 0 amide bonds. The molecule has 0 aromatic heterocycles. The van der Waals surface area contributed by atoms with Crippen LogP contribution in [0.25, 0.3) is 21.5 Å². The molecule has 4 nitrogen and oxygen atoms in total. The third-order valence-corrected chi connectivity index (χ3v) is 4.27. The van der Waals surface area contributed by atoms with Gasteiger partial charge < -0.3 is 20.4 Å². The summed E-state index contributed by atoms with van der Waals surface area (Å²) in [6, 6.07) is 29.3. The van der Waals surface area contributed by atoms with Crippen molar-refractivity contribution in [2.45, 2.75) is 32.9 Å². The number of aliphatic hydroxyl groups excluding tert-OH is 4. The zero-order valence-corrected chi connectivity index (χ0v) is 31.0. The molecule has 230 valence electrons. The minimum Gasteiger partial charge on any atom is -0.273 e. The summed E-state index contributed by atoms with van der Waals surface area (Å²) in [5.41, 5.74) is 0. The predicted molar refractivity (Wildman–Crippen MR) is 184 cm³/mol. The molecule has 0 spiro atoms. The molecule has 0 saturated heterocycles. The molecule has 2 aliphatic carbocycles. The minimum absolute atomic E-state index is 0. The first kappa shape index (κ1) is 50.6. The van der Waals surface area contributed by atoms with Crippen LogP contribution in [0.2, 0.25) is 13.1 Å². The Morgan fingerprint density at radius 3 is 1.16 bits per heavy atom. The van der Waals surface area contributed by atoms with Crippen LogP contribution in [-0.4, -0.2) is 62.7 Å². The first-order valence-corrected chi connectivity index (χ1v) is 16.1. The number of aliphatic hydroxyl groups is 4. The summed E-state index contributed by atoms with van der Waals surface area (Å²) in [7, 11) is 5.08. The second-order valence-electron chi connectivity index (χ2n) is 7.10. The molecule has 4 aromatic carbocycles. The molecule has 0 heterocycles. The Morgan fingerprint density at radius 2 is 0.953 bits per heavy atom. The van der Waals surface area contributed by atoms with Crippen LogP contribution in [0.15, 0.2) is 121 Å². The van der Waals surface area contributed by atoms with E-state index in [1.807, 2.05) is 55.5 Å². The van der Waals surface area contributed by atoms with Crippen LogP contribution in [0.1, 0.15) is 19.8 Å². The Morgan fingerprint density at radius 1 is 0.651 bits per heavy atom. The molecule has 0 bridgehead atoms. The Labute approximate surface area is 290 Å². The van der Waals surface area contributed by atoms with Gasteiger partial charge in [-0.05, 0) is 0 Å². The number of benzene rings is 2. The van der Waals surface area contributed by atoms with Crippen LogP contribution in [0, 0.1) is 12.2 Å². The van der Waals surface area contributed by atoms with Crippen molar-refractivity contribution in [2.75, 3.05) is 28.4 Å². The van der Waals surface area contributed by atoms with Crippen LogP contribution < -0.4 is 0 Å². The average molecular weight is 671 g/mol. The molecule has 4 N–H and O–H groups in total. The number of hydrogen-bond donors (Lipinski definition) is 4. The zero-order valence-electron chi connectivity index (χ0n) is 26.8. The van der Waals surface area contributed by atoms with E-state index in [0.717, 1.165) is 50.8 Å². The van der Waals surface area contributed by atoms with Crippen molar-refractivity contribution in [2.24, 2.45) is 0 Å². The van der Waals surface area contributed by atoms with Gasteiger partial charge in [-0.3, -0.25) is 12.2 Å². The fraction of sp³-hybridized carbons (Fsp3) is 0.250. The minimum atomic E-state index is 0. The summed E-state index contributed by atoms with van der Waals surface area (Å²) in [5, 5.41) is 33.3. The average Bonchev–Trinajstić information content (AvgIpc) is 3.92. The molecule has 2 aliphatic rings. The maximum Gasteiger partial charge on any atom is 2.00 e. The van der Waals surface area contributed by atoms with Gasteiger partial charge in [-0.25, -0.2) is 24.3 Å². The quantitative estimate of drug-likeness (QED) is 0.117. The molecular weight excluding hydrogens is 620 g/mol. The molecule has 0 atom stereocenters. The first-order valence-electron chi connectivity index (χ1n) is 13.2. The molecule has 7 heteroatoms. The van der Waals surface area contributed by atoms with Crippen LogP contribution in [0.3, 0.4) is 0 Å². The van der Waals surface area contributed by atoms with Gasteiger partial charge in [0.05, 0.1) is 0 Å². The summed E-state index contributed by atoms with van der Waals surface area (Å²) in [6.07, 6.45) is 20.0. The van der Waals surface area contributed by atoms with E-state index in [-0.39, 0.29) is 21.7 Å². The van der Waals surface area contributed by atoms with Crippen molar-refractivity contribution in [1.82, 2.24) is 0 Å². The van der Waals surface area contributed by atoms with Crippen LogP contribution in [-0.2, 0) is 41.7 Å². The summed E-state index contributed by atoms with van der Waals surface area (Å²) < 4.78 is 2.00. The van der Waals surface area contributed by atoms with E-state index in [1.165, 1.54) is 21.5 Å². The third-order valence-electron chi connectivity index (χ3n) is 4.27. The molecule has 43 heavy (non-hydrogen) atoms. The first-order chi connectivity index (χ1) is 20.8. The molecular formula is C36H50O4SiTi2. The molecule has 6 rings (SSSR count). The van der Waals surface area contributed by atoms with Crippen molar-refractivity contribution in [3.05, 3.63) is 134 Å². The second-order valence-corrected chi connectivity index (χ2v) is 9.01. The largest absolute Gasteiger partial charge is 2.00 e. The van der Waals surface area contributed by atoms with E-state index in [4.69, 9.17) is 20.4 Å². The van der Waals surface area contributed by atoms with Crippen molar-refractivity contribution in [3.8, 4) is 0 Å². The van der Waals surface area contributed by atoms with E-state index in [1.54, 1.807) is 0 Å². The number of allylic oxidation sites excluding steroid dienone is 8. The maximum absolute atomic E-state index is 7.00. The molecule has 0 saturated carbocycles. The summed E-state index contributed by atoms with van der Waals surface area (Å²) >= 11 is 2.00. The van der Waals surface area contributed by atoms with Crippen LogP contribution in [0.5, 0.6) is 0 Å². The molecule has 4 aromatic rings. The van der Waals surface area contributed by atoms with Crippen LogP contribution >= 0.6 is 0 Å². The van der Waals surface area contributed by atoms with Gasteiger partial charge in [0.15, 0.2) is 0 Å². The summed E-state index contributed by atoms with van der Waals surface area (Å²) in [4.78, 5) is 0. The Hall–Kier alpha value is -2.02. The predicted octanol–water partition coefficient (Wildman–Crippen LogP) is 7.30.